The first-order valence-corrected chi connectivity index (χ1v) is 7.29. The molecule has 9 heteroatoms. The Morgan fingerprint density at radius 3 is 2.32 bits per heavy atom. The van der Waals surface area contributed by atoms with E-state index in [-0.39, 0.29) is 5.71 Å². The third-order valence-corrected chi connectivity index (χ3v) is 4.15. The third kappa shape index (κ3) is 4.20. The molecular formula is C13H15F3N2O3S. The van der Waals surface area contributed by atoms with Gasteiger partial charge in [-0.25, -0.2) is 13.2 Å². The van der Waals surface area contributed by atoms with Gasteiger partial charge in [0.15, 0.2) is 0 Å². The van der Waals surface area contributed by atoms with Crippen molar-refractivity contribution in [1.82, 2.24) is 0 Å². The normalized spacial score (nSPS) is 14.3. The van der Waals surface area contributed by atoms with E-state index < -0.39 is 50.1 Å². The molecule has 22 heavy (non-hydrogen) atoms. The zero-order valence-corrected chi connectivity index (χ0v) is 13.2. The number of nitrogens with zero attached hydrogens (tertiary/aromatic N) is 2. The summed E-state index contributed by atoms with van der Waals surface area (Å²) in [7, 11) is 0. The van der Waals surface area contributed by atoms with Crippen molar-refractivity contribution in [2.75, 3.05) is 0 Å². The fourth-order valence-corrected chi connectivity index (χ4v) is 2.09. The van der Waals surface area contributed by atoms with Crippen LogP contribution in [-0.2, 0) is 11.4 Å². The Bertz CT molecular complexity index is 615. The van der Waals surface area contributed by atoms with Crippen LogP contribution in [0, 0.1) is 15.9 Å². The average molecular weight is 336 g/mol. The maximum absolute atomic E-state index is 14.1. The molecule has 0 saturated carbocycles. The Morgan fingerprint density at radius 2 is 1.91 bits per heavy atom. The molecule has 0 aliphatic heterocycles. The van der Waals surface area contributed by atoms with Gasteiger partial charge < -0.3 is 4.55 Å². The summed E-state index contributed by atoms with van der Waals surface area (Å²) in [5, 5.41) is 10.8. The first-order chi connectivity index (χ1) is 9.95. The van der Waals surface area contributed by atoms with Crippen molar-refractivity contribution in [2.45, 2.75) is 38.9 Å². The highest BCUT2D eigenvalue weighted by atomic mass is 32.2. The van der Waals surface area contributed by atoms with E-state index in [9.17, 15) is 27.8 Å². The number of alkyl halides is 2. The molecule has 0 spiro atoms. The maximum Gasteiger partial charge on any atom is 0.270 e. The smallest absolute Gasteiger partial charge is 0.270 e. The van der Waals surface area contributed by atoms with Crippen molar-refractivity contribution in [3.8, 4) is 0 Å². The number of nitro benzene ring substituents is 1. The molecule has 0 unspecified atom stereocenters. The molecule has 5 nitrogen and oxygen atoms in total. The second-order valence-corrected chi connectivity index (χ2v) is 7.40. The summed E-state index contributed by atoms with van der Waals surface area (Å²) >= 11 is -1.75. The number of non-ortho nitro benzene ring substituents is 1. The molecule has 1 aromatic rings. The van der Waals surface area contributed by atoms with Gasteiger partial charge in [0.05, 0.1) is 16.2 Å². The van der Waals surface area contributed by atoms with Gasteiger partial charge in [-0.3, -0.25) is 10.1 Å². The quantitative estimate of drug-likeness (QED) is 0.361. The minimum absolute atomic E-state index is 0.142. The molecule has 0 heterocycles. The first-order valence-electron chi connectivity index (χ1n) is 6.18. The van der Waals surface area contributed by atoms with Crippen molar-refractivity contribution in [3.63, 3.8) is 0 Å². The van der Waals surface area contributed by atoms with Crippen LogP contribution in [0.25, 0.3) is 0 Å². The molecular weight excluding hydrogens is 321 g/mol. The molecule has 0 aliphatic carbocycles. The van der Waals surface area contributed by atoms with Gasteiger partial charge in [-0.1, -0.05) is 4.40 Å². The van der Waals surface area contributed by atoms with Crippen LogP contribution >= 0.6 is 0 Å². The van der Waals surface area contributed by atoms with Crippen LogP contribution in [0.3, 0.4) is 0 Å². The topological polar surface area (TPSA) is 78.6 Å². The summed E-state index contributed by atoms with van der Waals surface area (Å²) in [5.41, 5.74) is -2.36. The Balaban J connectivity index is 3.46. The second kappa shape index (κ2) is 6.66. The molecule has 0 N–H and O–H groups in total. The predicted octanol–water partition coefficient (Wildman–Crippen LogP) is 3.94. The van der Waals surface area contributed by atoms with Crippen molar-refractivity contribution in [3.05, 3.63) is 39.2 Å². The van der Waals surface area contributed by atoms with Crippen LogP contribution in [0.15, 0.2) is 16.5 Å². The fourth-order valence-electron chi connectivity index (χ4n) is 1.47. The lowest BCUT2D eigenvalue weighted by Crippen LogP contribution is -2.27. The highest BCUT2D eigenvalue weighted by Crippen LogP contribution is 2.30. The van der Waals surface area contributed by atoms with Gasteiger partial charge in [-0.2, -0.15) is 0 Å². The lowest BCUT2D eigenvalue weighted by Gasteiger charge is -2.19. The minimum Gasteiger partial charge on any atom is -0.591 e. The van der Waals surface area contributed by atoms with E-state index in [1.54, 1.807) is 20.8 Å². The second-order valence-electron chi connectivity index (χ2n) is 5.49. The predicted molar refractivity (Wildman–Crippen MR) is 78.1 cm³/mol. The Morgan fingerprint density at radius 1 is 1.36 bits per heavy atom. The number of benzene rings is 1. The van der Waals surface area contributed by atoms with Crippen LogP contribution < -0.4 is 0 Å². The molecule has 0 bridgehead atoms. The molecule has 0 fully saturated rings. The fraction of sp³-hybridized carbons (Fsp3) is 0.462. The van der Waals surface area contributed by atoms with Crippen molar-refractivity contribution in [1.29, 1.82) is 0 Å². The van der Waals surface area contributed by atoms with Gasteiger partial charge in [0.25, 0.3) is 12.1 Å². The van der Waals surface area contributed by atoms with Crippen molar-refractivity contribution in [2.24, 2.45) is 4.40 Å². The van der Waals surface area contributed by atoms with Gasteiger partial charge in [0, 0.05) is 17.7 Å². The van der Waals surface area contributed by atoms with Gasteiger partial charge >= 0.3 is 0 Å². The van der Waals surface area contributed by atoms with Crippen LogP contribution in [0.5, 0.6) is 0 Å². The highest BCUT2D eigenvalue weighted by Gasteiger charge is 2.29. The van der Waals surface area contributed by atoms with E-state index in [2.05, 4.69) is 4.40 Å². The molecule has 122 valence electrons. The lowest BCUT2D eigenvalue weighted by molar-refractivity contribution is -0.385. The Labute approximate surface area is 128 Å². The average Bonchev–Trinajstić information content (AvgIpc) is 2.36. The molecule has 0 aliphatic rings. The number of hydrogen-bond donors (Lipinski definition) is 0. The van der Waals surface area contributed by atoms with Crippen LogP contribution in [-0.4, -0.2) is 19.9 Å². The number of nitro groups is 1. The van der Waals surface area contributed by atoms with E-state index >= 15 is 0 Å². The number of rotatable bonds is 4. The van der Waals surface area contributed by atoms with Crippen LogP contribution in [0.4, 0.5) is 18.9 Å². The number of halogens is 3. The largest absolute Gasteiger partial charge is 0.591 e. The standard InChI is InChI=1S/C13H15F3N2O3S/c1-7(17-22(21)13(2,3)4)9-5-8(18(19)20)6-10(11(9)14)12(15)16/h5-6,12H,1-4H3/b17-7-/t22-/m1/s1. The van der Waals surface area contributed by atoms with Gasteiger partial charge in [-0.05, 0) is 27.7 Å². The summed E-state index contributed by atoms with van der Waals surface area (Å²) in [4.78, 5) is 9.88. The molecule has 0 amide bonds. The molecule has 1 aromatic carbocycles. The Kier molecular flexibility index (Phi) is 5.58. The lowest BCUT2D eigenvalue weighted by atomic mass is 10.1. The summed E-state index contributed by atoms with van der Waals surface area (Å²) in [6, 6.07) is 1.29. The zero-order valence-electron chi connectivity index (χ0n) is 12.4. The summed E-state index contributed by atoms with van der Waals surface area (Å²) < 4.78 is 54.6. The number of hydrogen-bond acceptors (Lipinski definition) is 4. The van der Waals surface area contributed by atoms with Gasteiger partial charge in [0.2, 0.25) is 0 Å². The van der Waals surface area contributed by atoms with Crippen molar-refractivity contribution < 1.29 is 22.6 Å². The van der Waals surface area contributed by atoms with Gasteiger partial charge in [-0.15, -0.1) is 0 Å². The summed E-state index contributed by atoms with van der Waals surface area (Å²) in [6.07, 6.45) is -3.21. The molecule has 0 saturated heterocycles. The molecule has 1 rings (SSSR count). The molecule has 0 aromatic heterocycles. The van der Waals surface area contributed by atoms with E-state index in [1.807, 2.05) is 0 Å². The summed E-state index contributed by atoms with van der Waals surface area (Å²) in [5.74, 6) is -1.30. The monoisotopic (exact) mass is 336 g/mol. The first kappa shape index (κ1) is 18.4. The third-order valence-electron chi connectivity index (χ3n) is 2.66. The van der Waals surface area contributed by atoms with Crippen molar-refractivity contribution >= 4 is 22.8 Å². The van der Waals surface area contributed by atoms with Gasteiger partial charge in [0.1, 0.15) is 21.9 Å². The van der Waals surface area contributed by atoms with E-state index in [0.29, 0.717) is 6.07 Å². The highest BCUT2D eigenvalue weighted by molar-refractivity contribution is 7.91. The van der Waals surface area contributed by atoms with Crippen LogP contribution in [0.2, 0.25) is 0 Å². The van der Waals surface area contributed by atoms with E-state index in [4.69, 9.17) is 0 Å². The van der Waals surface area contributed by atoms with E-state index in [1.165, 1.54) is 6.92 Å². The molecule has 0 radical (unpaired) electrons. The molecule has 1 atom stereocenters. The Hall–Kier alpha value is -1.61. The van der Waals surface area contributed by atoms with E-state index in [0.717, 1.165) is 6.07 Å². The van der Waals surface area contributed by atoms with Crippen LogP contribution in [0.1, 0.15) is 45.2 Å². The summed E-state index contributed by atoms with van der Waals surface area (Å²) in [6.45, 7) is 6.16. The zero-order chi connectivity index (χ0) is 17.2. The minimum atomic E-state index is -3.21. The maximum atomic E-state index is 14.1. The SMILES string of the molecule is C/C(=N/[S@+]([O-])C(C)(C)C)c1cc([N+](=O)[O-])cc(C(F)F)c1F.